The standard InChI is InChI=1S/C18H24ClN3O2/c1-4-18(24,5-2)12-20-17(23)15-13(3)21-22(16(15)19)11-14-9-7-6-8-10-14/h6-10,24H,4-5,11-12H2,1-3H3,(H,20,23). The number of carbonyl (C=O) groups excluding carboxylic acids is 1. The van der Waals surface area contributed by atoms with Gasteiger partial charge in [0, 0.05) is 6.54 Å². The van der Waals surface area contributed by atoms with Crippen LogP contribution in [0.4, 0.5) is 0 Å². The molecule has 0 aliphatic carbocycles. The molecule has 0 saturated heterocycles. The molecule has 0 radical (unpaired) electrons. The third-order valence-corrected chi connectivity index (χ3v) is 4.75. The summed E-state index contributed by atoms with van der Waals surface area (Å²) in [7, 11) is 0. The van der Waals surface area contributed by atoms with E-state index in [0.29, 0.717) is 35.8 Å². The molecular weight excluding hydrogens is 326 g/mol. The van der Waals surface area contributed by atoms with Crippen LogP contribution < -0.4 is 5.32 Å². The van der Waals surface area contributed by atoms with Crippen LogP contribution in [-0.2, 0) is 6.54 Å². The molecule has 2 rings (SSSR count). The number of aliphatic hydroxyl groups is 1. The molecule has 1 aromatic heterocycles. The lowest BCUT2D eigenvalue weighted by molar-refractivity contribution is 0.0314. The molecule has 0 spiro atoms. The van der Waals surface area contributed by atoms with Gasteiger partial charge in [0.05, 0.1) is 23.4 Å². The summed E-state index contributed by atoms with van der Waals surface area (Å²) in [5.74, 6) is -0.308. The van der Waals surface area contributed by atoms with Crippen molar-refractivity contribution >= 4 is 17.5 Å². The molecule has 1 amide bonds. The van der Waals surface area contributed by atoms with Gasteiger partial charge in [-0.15, -0.1) is 0 Å². The molecule has 0 aliphatic rings. The van der Waals surface area contributed by atoms with Crippen LogP contribution in [0.3, 0.4) is 0 Å². The second kappa shape index (κ2) is 7.81. The van der Waals surface area contributed by atoms with Gasteiger partial charge < -0.3 is 10.4 Å². The molecule has 130 valence electrons. The highest BCUT2D eigenvalue weighted by Gasteiger charge is 2.26. The summed E-state index contributed by atoms with van der Waals surface area (Å²) in [5.41, 5.74) is 1.10. The largest absolute Gasteiger partial charge is 0.388 e. The molecule has 1 aromatic carbocycles. The van der Waals surface area contributed by atoms with Crippen molar-refractivity contribution in [3.63, 3.8) is 0 Å². The fraction of sp³-hybridized carbons (Fsp3) is 0.444. The number of halogens is 1. The Morgan fingerprint density at radius 3 is 2.50 bits per heavy atom. The quantitative estimate of drug-likeness (QED) is 0.806. The predicted octanol–water partition coefficient (Wildman–Crippen LogP) is 3.17. The fourth-order valence-electron chi connectivity index (χ4n) is 2.51. The minimum atomic E-state index is -0.893. The number of benzene rings is 1. The smallest absolute Gasteiger partial charge is 0.256 e. The Morgan fingerprint density at radius 2 is 1.92 bits per heavy atom. The van der Waals surface area contributed by atoms with Crippen LogP contribution in [0.5, 0.6) is 0 Å². The van der Waals surface area contributed by atoms with Crippen LogP contribution in [0, 0.1) is 6.92 Å². The molecule has 0 bridgehead atoms. The summed E-state index contributed by atoms with van der Waals surface area (Å²) in [6.45, 7) is 6.24. The molecule has 0 atom stereocenters. The van der Waals surface area contributed by atoms with Crippen molar-refractivity contribution in [2.45, 2.75) is 45.8 Å². The number of nitrogens with zero attached hydrogens (tertiary/aromatic N) is 2. The molecule has 24 heavy (non-hydrogen) atoms. The molecule has 0 aliphatic heterocycles. The highest BCUT2D eigenvalue weighted by atomic mass is 35.5. The van der Waals surface area contributed by atoms with Crippen LogP contribution in [0.25, 0.3) is 0 Å². The summed E-state index contributed by atoms with van der Waals surface area (Å²) < 4.78 is 1.62. The summed E-state index contributed by atoms with van der Waals surface area (Å²) in [5, 5.41) is 17.8. The van der Waals surface area contributed by atoms with Crippen LogP contribution in [-0.4, -0.2) is 32.9 Å². The summed E-state index contributed by atoms with van der Waals surface area (Å²) in [4.78, 5) is 12.5. The van der Waals surface area contributed by atoms with Crippen LogP contribution in [0.15, 0.2) is 30.3 Å². The maximum Gasteiger partial charge on any atom is 0.256 e. The Hall–Kier alpha value is -1.85. The number of hydrogen-bond donors (Lipinski definition) is 2. The van der Waals surface area contributed by atoms with Crippen molar-refractivity contribution < 1.29 is 9.90 Å². The van der Waals surface area contributed by atoms with Crippen LogP contribution in [0.2, 0.25) is 5.15 Å². The SMILES string of the molecule is CCC(O)(CC)CNC(=O)c1c(C)nn(Cc2ccccc2)c1Cl. The molecule has 0 fully saturated rings. The van der Waals surface area contributed by atoms with Crippen molar-refractivity contribution in [3.8, 4) is 0 Å². The normalized spacial score (nSPS) is 11.5. The van der Waals surface area contributed by atoms with Gasteiger partial charge in [-0.05, 0) is 25.3 Å². The van der Waals surface area contributed by atoms with Crippen molar-refractivity contribution in [2.75, 3.05) is 6.54 Å². The van der Waals surface area contributed by atoms with E-state index in [4.69, 9.17) is 11.6 Å². The van der Waals surface area contributed by atoms with E-state index in [1.807, 2.05) is 44.2 Å². The Bertz CT molecular complexity index is 694. The molecule has 2 N–H and O–H groups in total. The van der Waals surface area contributed by atoms with E-state index in [9.17, 15) is 9.90 Å². The van der Waals surface area contributed by atoms with Gasteiger partial charge in [-0.2, -0.15) is 5.10 Å². The third kappa shape index (κ3) is 4.16. The van der Waals surface area contributed by atoms with Crippen LogP contribution >= 0.6 is 11.6 Å². The van der Waals surface area contributed by atoms with E-state index in [-0.39, 0.29) is 12.5 Å². The van der Waals surface area contributed by atoms with Gasteiger partial charge in [-0.1, -0.05) is 55.8 Å². The first-order valence-corrected chi connectivity index (χ1v) is 8.55. The van der Waals surface area contributed by atoms with E-state index >= 15 is 0 Å². The molecule has 2 aromatic rings. The van der Waals surface area contributed by atoms with Crippen molar-refractivity contribution in [1.29, 1.82) is 0 Å². The number of amides is 1. The van der Waals surface area contributed by atoms with Gasteiger partial charge in [0.25, 0.3) is 5.91 Å². The zero-order valence-corrected chi connectivity index (χ0v) is 15.1. The average molecular weight is 350 g/mol. The van der Waals surface area contributed by atoms with Crippen molar-refractivity contribution in [3.05, 3.63) is 52.3 Å². The summed E-state index contributed by atoms with van der Waals surface area (Å²) in [6, 6.07) is 9.80. The van der Waals surface area contributed by atoms with Gasteiger partial charge in [-0.25, -0.2) is 4.68 Å². The van der Waals surface area contributed by atoms with Gasteiger partial charge in [0.15, 0.2) is 0 Å². The molecule has 6 heteroatoms. The van der Waals surface area contributed by atoms with E-state index in [2.05, 4.69) is 10.4 Å². The van der Waals surface area contributed by atoms with E-state index in [1.54, 1.807) is 11.6 Å². The Kier molecular flexibility index (Phi) is 6.02. The minimum absolute atomic E-state index is 0.193. The Labute approximate surface area is 147 Å². The third-order valence-electron chi connectivity index (χ3n) is 4.36. The lowest BCUT2D eigenvalue weighted by atomic mass is 9.97. The molecule has 0 unspecified atom stereocenters. The number of aromatic nitrogens is 2. The maximum atomic E-state index is 12.5. The molecular formula is C18H24ClN3O2. The van der Waals surface area contributed by atoms with Gasteiger partial charge >= 0.3 is 0 Å². The lowest BCUT2D eigenvalue weighted by Gasteiger charge is -2.25. The highest BCUT2D eigenvalue weighted by molar-refractivity contribution is 6.33. The first-order valence-electron chi connectivity index (χ1n) is 8.17. The topological polar surface area (TPSA) is 67.2 Å². The molecule has 1 heterocycles. The Morgan fingerprint density at radius 1 is 1.29 bits per heavy atom. The van der Waals surface area contributed by atoms with E-state index < -0.39 is 5.60 Å². The second-order valence-electron chi connectivity index (χ2n) is 6.01. The van der Waals surface area contributed by atoms with Crippen molar-refractivity contribution in [2.24, 2.45) is 0 Å². The molecule has 0 saturated carbocycles. The van der Waals surface area contributed by atoms with Crippen molar-refractivity contribution in [1.82, 2.24) is 15.1 Å². The van der Waals surface area contributed by atoms with Gasteiger partial charge in [0.1, 0.15) is 5.15 Å². The zero-order valence-electron chi connectivity index (χ0n) is 14.3. The monoisotopic (exact) mass is 349 g/mol. The lowest BCUT2D eigenvalue weighted by Crippen LogP contribution is -2.42. The fourth-order valence-corrected chi connectivity index (χ4v) is 2.83. The first kappa shape index (κ1) is 18.5. The number of hydrogen-bond acceptors (Lipinski definition) is 3. The highest BCUT2D eigenvalue weighted by Crippen LogP contribution is 2.21. The number of rotatable bonds is 7. The Balaban J connectivity index is 2.15. The zero-order chi connectivity index (χ0) is 17.7. The predicted molar refractivity (Wildman–Crippen MR) is 95.4 cm³/mol. The average Bonchev–Trinajstić information content (AvgIpc) is 2.87. The second-order valence-corrected chi connectivity index (χ2v) is 6.37. The van der Waals surface area contributed by atoms with Crippen LogP contribution in [0.1, 0.15) is 48.3 Å². The van der Waals surface area contributed by atoms with Gasteiger partial charge in [-0.3, -0.25) is 4.79 Å². The summed E-state index contributed by atoms with van der Waals surface area (Å²) in [6.07, 6.45) is 1.15. The van der Waals surface area contributed by atoms with E-state index in [0.717, 1.165) is 5.56 Å². The van der Waals surface area contributed by atoms with E-state index in [1.165, 1.54) is 0 Å². The minimum Gasteiger partial charge on any atom is -0.388 e. The van der Waals surface area contributed by atoms with Gasteiger partial charge in [0.2, 0.25) is 0 Å². The summed E-state index contributed by atoms with van der Waals surface area (Å²) >= 11 is 6.37. The first-order chi connectivity index (χ1) is 11.4. The maximum absolute atomic E-state index is 12.5. The molecule has 5 nitrogen and oxygen atoms in total. The number of carbonyl (C=O) groups is 1. The number of aryl methyl sites for hydroxylation is 1. The number of nitrogens with one attached hydrogen (secondary N) is 1.